The molecule has 0 spiro atoms. The van der Waals surface area contributed by atoms with Crippen LogP contribution in [0.5, 0.6) is 0 Å². The zero-order valence-electron chi connectivity index (χ0n) is 11.2. The van der Waals surface area contributed by atoms with Gasteiger partial charge in [0.05, 0.1) is 6.61 Å². The molecular formula is C12H25N3O2. The second-order valence-electron chi connectivity index (χ2n) is 4.51. The summed E-state index contributed by atoms with van der Waals surface area (Å²) >= 11 is 0. The van der Waals surface area contributed by atoms with E-state index in [4.69, 9.17) is 10.5 Å². The summed E-state index contributed by atoms with van der Waals surface area (Å²) in [5, 5.41) is 0. The van der Waals surface area contributed by atoms with Crippen LogP contribution in [0.2, 0.25) is 0 Å². The molecule has 100 valence electrons. The lowest BCUT2D eigenvalue weighted by Crippen LogP contribution is -2.46. The molecule has 0 radical (unpaired) electrons. The molecule has 5 heteroatoms. The van der Waals surface area contributed by atoms with Crippen LogP contribution in [-0.2, 0) is 9.53 Å². The number of carbonyl (C=O) groups is 1. The van der Waals surface area contributed by atoms with Gasteiger partial charge in [0, 0.05) is 26.2 Å². The fourth-order valence-electron chi connectivity index (χ4n) is 2.47. The summed E-state index contributed by atoms with van der Waals surface area (Å²) in [7, 11) is 1.57. The fraction of sp³-hybridized carbons (Fsp3) is 0.917. The Kier molecular flexibility index (Phi) is 5.88. The van der Waals surface area contributed by atoms with Crippen LogP contribution in [0.15, 0.2) is 0 Å². The molecule has 0 aromatic carbocycles. The fourth-order valence-corrected chi connectivity index (χ4v) is 2.47. The molecule has 1 rings (SSSR count). The summed E-state index contributed by atoms with van der Waals surface area (Å²) in [5.74, 6) is 0.0153. The Bertz CT molecular complexity index is 244. The standard InChI is InChI=1S/C12H25N3O2/c1-4-14(5-2)10-6-7-15(8-10)12(16)11(13)9-17-3/h10-11H,4-9,13H2,1-3H3. The summed E-state index contributed by atoms with van der Waals surface area (Å²) in [4.78, 5) is 16.2. The average molecular weight is 243 g/mol. The van der Waals surface area contributed by atoms with Crippen molar-refractivity contribution in [1.82, 2.24) is 9.80 Å². The van der Waals surface area contributed by atoms with Gasteiger partial charge in [-0.2, -0.15) is 0 Å². The monoisotopic (exact) mass is 243 g/mol. The molecule has 2 atom stereocenters. The van der Waals surface area contributed by atoms with Gasteiger partial charge >= 0.3 is 0 Å². The smallest absolute Gasteiger partial charge is 0.241 e. The second kappa shape index (κ2) is 6.93. The molecule has 1 saturated heterocycles. The quantitative estimate of drug-likeness (QED) is 0.708. The van der Waals surface area contributed by atoms with Crippen molar-refractivity contribution in [2.75, 3.05) is 39.9 Å². The van der Waals surface area contributed by atoms with Gasteiger partial charge in [0.25, 0.3) is 0 Å². The lowest BCUT2D eigenvalue weighted by Gasteiger charge is -2.26. The number of nitrogens with two attached hydrogens (primary N) is 1. The molecule has 2 N–H and O–H groups in total. The maximum atomic E-state index is 12.0. The molecule has 17 heavy (non-hydrogen) atoms. The number of hydrogen-bond donors (Lipinski definition) is 1. The minimum absolute atomic E-state index is 0.0153. The molecule has 0 bridgehead atoms. The lowest BCUT2D eigenvalue weighted by atomic mass is 10.2. The molecule has 1 fully saturated rings. The number of carbonyl (C=O) groups excluding carboxylic acids is 1. The Balaban J connectivity index is 2.46. The Morgan fingerprint density at radius 2 is 2.18 bits per heavy atom. The molecular weight excluding hydrogens is 218 g/mol. The van der Waals surface area contributed by atoms with Crippen molar-refractivity contribution in [2.24, 2.45) is 5.73 Å². The first-order valence-electron chi connectivity index (χ1n) is 6.41. The molecule has 0 saturated carbocycles. The van der Waals surface area contributed by atoms with Crippen molar-refractivity contribution in [2.45, 2.75) is 32.4 Å². The SMILES string of the molecule is CCN(CC)C1CCN(C(=O)C(N)COC)C1. The second-order valence-corrected chi connectivity index (χ2v) is 4.51. The van der Waals surface area contributed by atoms with E-state index in [0.717, 1.165) is 32.6 Å². The maximum Gasteiger partial charge on any atom is 0.241 e. The van der Waals surface area contributed by atoms with Gasteiger partial charge in [0.2, 0.25) is 5.91 Å². The van der Waals surface area contributed by atoms with E-state index in [0.29, 0.717) is 12.6 Å². The molecule has 1 aliphatic rings. The van der Waals surface area contributed by atoms with Crippen molar-refractivity contribution in [3.8, 4) is 0 Å². The molecule has 0 aromatic rings. The highest BCUT2D eigenvalue weighted by atomic mass is 16.5. The summed E-state index contributed by atoms with van der Waals surface area (Å²) in [6.07, 6.45) is 1.05. The number of amides is 1. The van der Waals surface area contributed by atoms with Gasteiger partial charge in [-0.1, -0.05) is 13.8 Å². The first-order chi connectivity index (χ1) is 8.13. The first-order valence-corrected chi connectivity index (χ1v) is 6.41. The van der Waals surface area contributed by atoms with Gasteiger partial charge in [-0.3, -0.25) is 9.69 Å². The molecule has 0 aromatic heterocycles. The van der Waals surface area contributed by atoms with E-state index in [1.54, 1.807) is 7.11 Å². The highest BCUT2D eigenvalue weighted by molar-refractivity contribution is 5.82. The van der Waals surface area contributed by atoms with Gasteiger partial charge in [0.1, 0.15) is 6.04 Å². The highest BCUT2D eigenvalue weighted by Gasteiger charge is 2.31. The minimum Gasteiger partial charge on any atom is -0.383 e. The maximum absolute atomic E-state index is 12.0. The Labute approximate surface area is 104 Å². The number of likely N-dealkylation sites (tertiary alicyclic amines) is 1. The van der Waals surface area contributed by atoms with E-state index in [1.165, 1.54) is 0 Å². The van der Waals surface area contributed by atoms with Crippen molar-refractivity contribution >= 4 is 5.91 Å². The number of hydrogen-bond acceptors (Lipinski definition) is 4. The number of likely N-dealkylation sites (N-methyl/N-ethyl adjacent to an activating group) is 1. The Morgan fingerprint density at radius 1 is 1.53 bits per heavy atom. The summed E-state index contributed by atoms with van der Waals surface area (Å²) < 4.78 is 4.92. The molecule has 5 nitrogen and oxygen atoms in total. The van der Waals surface area contributed by atoms with Crippen molar-refractivity contribution in [1.29, 1.82) is 0 Å². The topological polar surface area (TPSA) is 58.8 Å². The number of nitrogens with zero attached hydrogens (tertiary/aromatic N) is 2. The van der Waals surface area contributed by atoms with Gasteiger partial charge in [-0.15, -0.1) is 0 Å². The number of methoxy groups -OCH3 is 1. The molecule has 1 amide bonds. The predicted molar refractivity (Wildman–Crippen MR) is 67.8 cm³/mol. The normalized spacial score (nSPS) is 22.2. The largest absolute Gasteiger partial charge is 0.383 e. The van der Waals surface area contributed by atoms with E-state index in [9.17, 15) is 4.79 Å². The summed E-state index contributed by atoms with van der Waals surface area (Å²) in [5.41, 5.74) is 5.76. The van der Waals surface area contributed by atoms with Crippen LogP contribution >= 0.6 is 0 Å². The third-order valence-corrected chi connectivity index (χ3v) is 3.47. The van der Waals surface area contributed by atoms with Gasteiger partial charge in [-0.05, 0) is 19.5 Å². The van der Waals surface area contributed by atoms with E-state index < -0.39 is 6.04 Å². The van der Waals surface area contributed by atoms with E-state index in [2.05, 4.69) is 18.7 Å². The summed E-state index contributed by atoms with van der Waals surface area (Å²) in [6.45, 7) is 8.30. The van der Waals surface area contributed by atoms with Gasteiger partial charge in [-0.25, -0.2) is 0 Å². The summed E-state index contributed by atoms with van der Waals surface area (Å²) in [6, 6.07) is -0.0286. The van der Waals surface area contributed by atoms with E-state index in [-0.39, 0.29) is 5.91 Å². The number of ether oxygens (including phenoxy) is 1. The zero-order valence-corrected chi connectivity index (χ0v) is 11.2. The van der Waals surface area contributed by atoms with Crippen LogP contribution in [0, 0.1) is 0 Å². The highest BCUT2D eigenvalue weighted by Crippen LogP contribution is 2.16. The van der Waals surface area contributed by atoms with Crippen LogP contribution in [0.3, 0.4) is 0 Å². The Morgan fingerprint density at radius 3 is 2.71 bits per heavy atom. The number of rotatable bonds is 6. The third-order valence-electron chi connectivity index (χ3n) is 3.47. The van der Waals surface area contributed by atoms with Crippen molar-refractivity contribution in [3.05, 3.63) is 0 Å². The molecule has 0 aliphatic carbocycles. The average Bonchev–Trinajstić information content (AvgIpc) is 2.79. The van der Waals surface area contributed by atoms with Crippen LogP contribution in [0.1, 0.15) is 20.3 Å². The van der Waals surface area contributed by atoms with Crippen LogP contribution < -0.4 is 5.73 Å². The minimum atomic E-state index is -0.518. The van der Waals surface area contributed by atoms with E-state index >= 15 is 0 Å². The molecule has 1 heterocycles. The van der Waals surface area contributed by atoms with Gasteiger partial charge < -0.3 is 15.4 Å². The first kappa shape index (κ1) is 14.4. The van der Waals surface area contributed by atoms with E-state index in [1.807, 2.05) is 4.90 Å². The molecule has 2 unspecified atom stereocenters. The van der Waals surface area contributed by atoms with Crippen LogP contribution in [-0.4, -0.2) is 67.7 Å². The van der Waals surface area contributed by atoms with Crippen LogP contribution in [0.4, 0.5) is 0 Å². The predicted octanol–water partition coefficient (Wildman–Crippen LogP) is -0.0972. The van der Waals surface area contributed by atoms with Crippen LogP contribution in [0.25, 0.3) is 0 Å². The zero-order chi connectivity index (χ0) is 12.8. The van der Waals surface area contributed by atoms with Crippen molar-refractivity contribution < 1.29 is 9.53 Å². The Hall–Kier alpha value is -0.650. The third kappa shape index (κ3) is 3.66. The van der Waals surface area contributed by atoms with Gasteiger partial charge in [0.15, 0.2) is 0 Å². The van der Waals surface area contributed by atoms with Crippen molar-refractivity contribution in [3.63, 3.8) is 0 Å². The molecule has 1 aliphatic heterocycles. The lowest BCUT2D eigenvalue weighted by molar-refractivity contribution is -0.132.